The number of carboxylic acids is 1. The molecule has 0 bridgehead atoms. The lowest BCUT2D eigenvalue weighted by atomic mass is 9.78. The van der Waals surface area contributed by atoms with E-state index in [2.05, 4.69) is 9.97 Å². The van der Waals surface area contributed by atoms with Crippen LogP contribution >= 0.6 is 0 Å². The number of aromatic nitrogens is 3. The van der Waals surface area contributed by atoms with Crippen LogP contribution < -0.4 is 5.59 Å². The Kier molecular flexibility index (Phi) is 1.96. The quantitative estimate of drug-likeness (QED) is 0.663. The minimum absolute atomic E-state index is 0.144. The molecule has 6 heteroatoms. The van der Waals surface area contributed by atoms with Crippen molar-refractivity contribution in [3.05, 3.63) is 24.3 Å². The standard InChI is InChI=1S/C8H7BN3O2/c1-9-6-4-12-5(8(13)14)2-11-7(12)3-10-6/h2-4H,1H3,(H,13,14). The summed E-state index contributed by atoms with van der Waals surface area (Å²) in [4.78, 5) is 18.8. The molecule has 0 saturated carbocycles. The molecule has 2 rings (SSSR count). The first-order valence-electron chi connectivity index (χ1n) is 4.08. The normalized spacial score (nSPS) is 10.4. The number of carboxylic acid groups (broad SMARTS) is 1. The van der Waals surface area contributed by atoms with Crippen molar-refractivity contribution in [3.8, 4) is 0 Å². The summed E-state index contributed by atoms with van der Waals surface area (Å²) in [5.41, 5.74) is 1.40. The number of nitrogens with zero attached hydrogens (tertiary/aromatic N) is 3. The number of carbonyl (C=O) groups is 1. The Bertz CT molecular complexity index is 494. The lowest BCUT2D eigenvalue weighted by molar-refractivity contribution is 0.0689. The summed E-state index contributed by atoms with van der Waals surface area (Å²) in [5, 5.41) is 8.84. The van der Waals surface area contributed by atoms with Crippen LogP contribution in [-0.2, 0) is 0 Å². The Hall–Kier alpha value is -1.85. The average Bonchev–Trinajstić information content (AvgIpc) is 2.59. The van der Waals surface area contributed by atoms with Crippen molar-refractivity contribution in [2.75, 3.05) is 0 Å². The first-order valence-corrected chi connectivity index (χ1v) is 4.08. The highest BCUT2D eigenvalue weighted by atomic mass is 16.4. The van der Waals surface area contributed by atoms with Gasteiger partial charge in [0.2, 0.25) is 0 Å². The molecule has 0 aliphatic rings. The lowest BCUT2D eigenvalue weighted by Crippen LogP contribution is -2.17. The minimum Gasteiger partial charge on any atom is -0.477 e. The Morgan fingerprint density at radius 1 is 1.50 bits per heavy atom. The van der Waals surface area contributed by atoms with Crippen molar-refractivity contribution < 1.29 is 9.90 Å². The van der Waals surface area contributed by atoms with E-state index in [-0.39, 0.29) is 5.69 Å². The largest absolute Gasteiger partial charge is 0.477 e. The lowest BCUT2D eigenvalue weighted by Gasteiger charge is -1.98. The summed E-state index contributed by atoms with van der Waals surface area (Å²) in [7, 11) is 1.80. The Morgan fingerprint density at radius 3 is 2.93 bits per heavy atom. The molecule has 0 unspecified atom stereocenters. The molecular weight excluding hydrogens is 181 g/mol. The van der Waals surface area contributed by atoms with E-state index in [0.717, 1.165) is 5.59 Å². The smallest absolute Gasteiger partial charge is 0.354 e. The van der Waals surface area contributed by atoms with Gasteiger partial charge < -0.3 is 5.11 Å². The zero-order valence-corrected chi connectivity index (χ0v) is 7.51. The van der Waals surface area contributed by atoms with Crippen molar-refractivity contribution in [3.63, 3.8) is 0 Å². The molecule has 69 valence electrons. The molecule has 0 aliphatic heterocycles. The van der Waals surface area contributed by atoms with E-state index in [9.17, 15) is 4.79 Å². The molecule has 0 amide bonds. The molecule has 1 N–H and O–H groups in total. The third kappa shape index (κ3) is 1.24. The third-order valence-corrected chi connectivity index (χ3v) is 1.93. The van der Waals surface area contributed by atoms with E-state index in [1.807, 2.05) is 6.82 Å². The molecule has 0 atom stereocenters. The summed E-state index contributed by atoms with van der Waals surface area (Å²) in [6.07, 6.45) is 4.51. The van der Waals surface area contributed by atoms with Crippen LogP contribution in [0.3, 0.4) is 0 Å². The maximum Gasteiger partial charge on any atom is 0.354 e. The summed E-state index contributed by atoms with van der Waals surface area (Å²) in [6, 6.07) is 0. The Balaban J connectivity index is 2.69. The van der Waals surface area contributed by atoms with E-state index in [1.165, 1.54) is 10.6 Å². The van der Waals surface area contributed by atoms with Crippen LogP contribution in [-0.4, -0.2) is 32.7 Å². The Labute approximate surface area is 80.7 Å². The molecular formula is C8H7BN3O2. The van der Waals surface area contributed by atoms with Gasteiger partial charge in [0.1, 0.15) is 0 Å². The molecule has 0 aromatic carbocycles. The third-order valence-electron chi connectivity index (χ3n) is 1.93. The molecule has 1 radical (unpaired) electrons. The summed E-state index contributed by atoms with van der Waals surface area (Å²) in [6.45, 7) is 1.84. The summed E-state index contributed by atoms with van der Waals surface area (Å²) in [5.74, 6) is -0.995. The SMILES string of the molecule is C[B]c1cn2c(C(=O)O)cnc2cn1. The fourth-order valence-electron chi connectivity index (χ4n) is 1.21. The van der Waals surface area contributed by atoms with Gasteiger partial charge in [-0.2, -0.15) is 0 Å². The molecule has 0 spiro atoms. The first kappa shape index (κ1) is 8.74. The topological polar surface area (TPSA) is 67.5 Å². The predicted molar refractivity (Wildman–Crippen MR) is 51.2 cm³/mol. The van der Waals surface area contributed by atoms with Gasteiger partial charge in [-0.25, -0.2) is 9.78 Å². The van der Waals surface area contributed by atoms with Crippen LogP contribution in [0.25, 0.3) is 5.65 Å². The summed E-state index contributed by atoms with van der Waals surface area (Å²) >= 11 is 0. The number of imidazole rings is 1. The van der Waals surface area contributed by atoms with Crippen LogP contribution in [0.4, 0.5) is 0 Å². The maximum absolute atomic E-state index is 10.8. The number of fused-ring (bicyclic) bond motifs is 1. The second-order valence-electron chi connectivity index (χ2n) is 2.78. The van der Waals surface area contributed by atoms with E-state index >= 15 is 0 Å². The van der Waals surface area contributed by atoms with Gasteiger partial charge in [-0.1, -0.05) is 6.82 Å². The van der Waals surface area contributed by atoms with Gasteiger partial charge in [0.15, 0.2) is 18.6 Å². The monoisotopic (exact) mass is 188 g/mol. The van der Waals surface area contributed by atoms with E-state index in [0.29, 0.717) is 5.65 Å². The second-order valence-corrected chi connectivity index (χ2v) is 2.78. The zero-order chi connectivity index (χ0) is 10.1. The van der Waals surface area contributed by atoms with Crippen LogP contribution in [0, 0.1) is 0 Å². The van der Waals surface area contributed by atoms with E-state index in [1.54, 1.807) is 19.7 Å². The number of hydrogen-bond donors (Lipinski definition) is 1. The number of aromatic carboxylic acids is 1. The van der Waals surface area contributed by atoms with Gasteiger partial charge >= 0.3 is 5.97 Å². The summed E-state index contributed by atoms with van der Waals surface area (Å²) < 4.78 is 1.50. The minimum atomic E-state index is -0.995. The molecule has 2 aromatic heterocycles. The molecule has 5 nitrogen and oxygen atoms in total. The van der Waals surface area contributed by atoms with Gasteiger partial charge in [-0.15, -0.1) is 0 Å². The zero-order valence-electron chi connectivity index (χ0n) is 7.51. The second kappa shape index (κ2) is 3.14. The molecule has 0 aliphatic carbocycles. The fraction of sp³-hybridized carbons (Fsp3) is 0.125. The van der Waals surface area contributed by atoms with Gasteiger partial charge in [0, 0.05) is 11.8 Å². The van der Waals surface area contributed by atoms with Crippen molar-refractivity contribution in [2.24, 2.45) is 0 Å². The average molecular weight is 188 g/mol. The van der Waals surface area contributed by atoms with E-state index < -0.39 is 5.97 Å². The van der Waals surface area contributed by atoms with Crippen molar-refractivity contribution in [1.29, 1.82) is 0 Å². The first-order chi connectivity index (χ1) is 6.72. The molecule has 2 heterocycles. The molecule has 0 fully saturated rings. The molecule has 0 saturated heterocycles. The van der Waals surface area contributed by atoms with Gasteiger partial charge in [0.05, 0.1) is 12.4 Å². The van der Waals surface area contributed by atoms with E-state index in [4.69, 9.17) is 5.11 Å². The number of hydrogen-bond acceptors (Lipinski definition) is 3. The van der Waals surface area contributed by atoms with Crippen LogP contribution in [0.2, 0.25) is 6.82 Å². The highest BCUT2D eigenvalue weighted by Gasteiger charge is 2.10. The molecule has 14 heavy (non-hydrogen) atoms. The van der Waals surface area contributed by atoms with Crippen LogP contribution in [0.15, 0.2) is 18.6 Å². The van der Waals surface area contributed by atoms with Gasteiger partial charge in [-0.05, 0) is 0 Å². The van der Waals surface area contributed by atoms with Crippen LogP contribution in [0.1, 0.15) is 10.5 Å². The molecule has 2 aromatic rings. The highest BCUT2D eigenvalue weighted by molar-refractivity contribution is 6.50. The van der Waals surface area contributed by atoms with Gasteiger partial charge in [-0.3, -0.25) is 9.38 Å². The maximum atomic E-state index is 10.8. The predicted octanol–water partition coefficient (Wildman–Crippen LogP) is -0.195. The van der Waals surface area contributed by atoms with Crippen molar-refractivity contribution in [2.45, 2.75) is 6.82 Å². The van der Waals surface area contributed by atoms with Crippen LogP contribution in [0.5, 0.6) is 0 Å². The van der Waals surface area contributed by atoms with Crippen molar-refractivity contribution >= 4 is 24.5 Å². The van der Waals surface area contributed by atoms with Gasteiger partial charge in [0.25, 0.3) is 0 Å². The number of rotatable bonds is 2. The fourth-order valence-corrected chi connectivity index (χ4v) is 1.21. The Morgan fingerprint density at radius 2 is 2.29 bits per heavy atom. The van der Waals surface area contributed by atoms with Crippen molar-refractivity contribution in [1.82, 2.24) is 14.4 Å². The highest BCUT2D eigenvalue weighted by Crippen LogP contribution is 2.03.